The number of hydrogen-bond acceptors (Lipinski definition) is 4. The van der Waals surface area contributed by atoms with Crippen molar-refractivity contribution in [2.75, 3.05) is 13.2 Å². The molecule has 1 aliphatic heterocycles. The van der Waals surface area contributed by atoms with Crippen LogP contribution in [0.1, 0.15) is 6.04 Å². The highest BCUT2D eigenvalue weighted by Crippen LogP contribution is 2.54. The van der Waals surface area contributed by atoms with E-state index in [4.69, 9.17) is 16.3 Å². The Morgan fingerprint density at radius 1 is 1.44 bits per heavy atom. The van der Waals surface area contributed by atoms with Gasteiger partial charge in [-0.05, 0) is 11.6 Å². The van der Waals surface area contributed by atoms with Crippen LogP contribution < -0.4 is 5.69 Å². The normalized spacial score (nSPS) is 29.8. The molecular formula is C11H11ClN4O2. The van der Waals surface area contributed by atoms with E-state index in [0.717, 1.165) is 18.7 Å². The molecule has 1 unspecified atom stereocenters. The van der Waals surface area contributed by atoms with Crippen molar-refractivity contribution in [2.45, 2.75) is 6.04 Å². The predicted molar refractivity (Wildman–Crippen MR) is 64.6 cm³/mol. The van der Waals surface area contributed by atoms with E-state index in [1.54, 1.807) is 22.4 Å². The fraction of sp³-hybridized carbons (Fsp3) is 0.545. The van der Waals surface area contributed by atoms with Crippen LogP contribution in [-0.2, 0) is 11.8 Å². The number of imidazole rings is 1. The van der Waals surface area contributed by atoms with Crippen LogP contribution in [0.25, 0.3) is 11.2 Å². The van der Waals surface area contributed by atoms with Crippen LogP contribution in [0.15, 0.2) is 11.0 Å². The van der Waals surface area contributed by atoms with Crippen molar-refractivity contribution in [3.05, 3.63) is 22.0 Å². The molecule has 0 amide bonds. The summed E-state index contributed by atoms with van der Waals surface area (Å²) in [5.74, 6) is 0.893. The van der Waals surface area contributed by atoms with Crippen molar-refractivity contribution in [2.24, 2.45) is 18.9 Å². The third-order valence-corrected chi connectivity index (χ3v) is 4.19. The van der Waals surface area contributed by atoms with Gasteiger partial charge in [-0.3, -0.25) is 9.13 Å². The Balaban J connectivity index is 1.97. The summed E-state index contributed by atoms with van der Waals surface area (Å²) >= 11 is 5.83. The molecule has 2 fully saturated rings. The van der Waals surface area contributed by atoms with Crippen LogP contribution in [0.5, 0.6) is 0 Å². The minimum Gasteiger partial charge on any atom is -0.381 e. The fourth-order valence-electron chi connectivity index (χ4n) is 2.98. The summed E-state index contributed by atoms with van der Waals surface area (Å²) < 4.78 is 8.68. The molecule has 3 heterocycles. The van der Waals surface area contributed by atoms with E-state index < -0.39 is 0 Å². The van der Waals surface area contributed by atoms with Gasteiger partial charge in [0.05, 0.1) is 25.5 Å². The summed E-state index contributed by atoms with van der Waals surface area (Å²) in [6, 6.07) is 0.209. The third-order valence-electron chi connectivity index (χ3n) is 4.01. The Kier molecular flexibility index (Phi) is 1.95. The van der Waals surface area contributed by atoms with Gasteiger partial charge in [-0.25, -0.2) is 9.78 Å². The topological polar surface area (TPSA) is 61.9 Å². The smallest absolute Gasteiger partial charge is 0.330 e. The molecule has 2 aromatic heterocycles. The number of aromatic nitrogens is 4. The van der Waals surface area contributed by atoms with Crippen molar-refractivity contribution >= 4 is 22.8 Å². The molecule has 3 atom stereocenters. The van der Waals surface area contributed by atoms with E-state index in [-0.39, 0.29) is 17.0 Å². The molecular weight excluding hydrogens is 256 g/mol. The maximum atomic E-state index is 12.3. The first-order valence-electron chi connectivity index (χ1n) is 5.85. The number of aryl methyl sites for hydroxylation is 1. The van der Waals surface area contributed by atoms with Gasteiger partial charge >= 0.3 is 5.69 Å². The maximum absolute atomic E-state index is 12.3. The number of halogens is 1. The van der Waals surface area contributed by atoms with Gasteiger partial charge in [-0.2, -0.15) is 4.98 Å². The molecule has 4 rings (SSSR count). The first-order valence-corrected chi connectivity index (χ1v) is 6.23. The molecule has 6 nitrogen and oxygen atoms in total. The molecule has 7 heteroatoms. The second-order valence-corrected chi connectivity index (χ2v) is 5.25. The molecule has 1 saturated carbocycles. The van der Waals surface area contributed by atoms with Crippen molar-refractivity contribution in [1.29, 1.82) is 0 Å². The van der Waals surface area contributed by atoms with Gasteiger partial charge in [0.15, 0.2) is 5.65 Å². The van der Waals surface area contributed by atoms with Crippen LogP contribution in [0.4, 0.5) is 0 Å². The number of hydrogen-bond donors (Lipinski definition) is 0. The lowest BCUT2D eigenvalue weighted by molar-refractivity contribution is 0.152. The van der Waals surface area contributed by atoms with Gasteiger partial charge in [0.25, 0.3) is 0 Å². The van der Waals surface area contributed by atoms with Gasteiger partial charge in [-0.15, -0.1) is 0 Å². The first kappa shape index (κ1) is 10.5. The number of rotatable bonds is 1. The maximum Gasteiger partial charge on any atom is 0.330 e. The average Bonchev–Trinajstić information content (AvgIpc) is 2.72. The molecule has 18 heavy (non-hydrogen) atoms. The average molecular weight is 267 g/mol. The zero-order chi connectivity index (χ0) is 12.4. The number of nitrogens with zero attached hydrogens (tertiary/aromatic N) is 4. The van der Waals surface area contributed by atoms with E-state index in [1.807, 2.05) is 0 Å². The van der Waals surface area contributed by atoms with Crippen molar-refractivity contribution in [3.8, 4) is 0 Å². The van der Waals surface area contributed by atoms with Crippen molar-refractivity contribution < 1.29 is 4.74 Å². The second kappa shape index (κ2) is 3.33. The Morgan fingerprint density at radius 2 is 2.17 bits per heavy atom. The van der Waals surface area contributed by atoms with Gasteiger partial charge in [0, 0.05) is 18.9 Å². The molecule has 0 bridgehead atoms. The highest BCUT2D eigenvalue weighted by atomic mass is 35.5. The zero-order valence-corrected chi connectivity index (χ0v) is 10.5. The molecule has 2 aliphatic rings. The highest BCUT2D eigenvalue weighted by molar-refractivity contribution is 6.28. The summed E-state index contributed by atoms with van der Waals surface area (Å²) in [7, 11) is 1.73. The van der Waals surface area contributed by atoms with E-state index in [9.17, 15) is 4.79 Å². The Hall–Kier alpha value is -1.40. The Bertz CT molecular complexity index is 697. The highest BCUT2D eigenvalue weighted by Gasteiger charge is 2.56. The van der Waals surface area contributed by atoms with Crippen LogP contribution in [-0.4, -0.2) is 32.3 Å². The molecule has 0 spiro atoms. The largest absolute Gasteiger partial charge is 0.381 e. The Labute approximate surface area is 107 Å². The fourth-order valence-corrected chi connectivity index (χ4v) is 3.10. The van der Waals surface area contributed by atoms with Gasteiger partial charge in [0.2, 0.25) is 5.28 Å². The number of fused-ring (bicyclic) bond motifs is 2. The monoisotopic (exact) mass is 266 g/mol. The van der Waals surface area contributed by atoms with E-state index >= 15 is 0 Å². The lowest BCUT2D eigenvalue weighted by Crippen LogP contribution is -2.23. The van der Waals surface area contributed by atoms with Crippen LogP contribution in [0.2, 0.25) is 5.28 Å². The lowest BCUT2D eigenvalue weighted by Gasteiger charge is -2.05. The summed E-state index contributed by atoms with van der Waals surface area (Å²) in [6.45, 7) is 1.47. The first-order chi connectivity index (χ1) is 8.68. The van der Waals surface area contributed by atoms with Crippen LogP contribution in [0.3, 0.4) is 0 Å². The zero-order valence-electron chi connectivity index (χ0n) is 9.71. The molecule has 0 radical (unpaired) electrons. The molecule has 0 N–H and O–H groups in total. The Morgan fingerprint density at radius 3 is 2.89 bits per heavy atom. The second-order valence-electron chi connectivity index (χ2n) is 4.92. The molecule has 2 aromatic rings. The van der Waals surface area contributed by atoms with Gasteiger partial charge in [-0.1, -0.05) is 0 Å². The summed E-state index contributed by atoms with van der Waals surface area (Å²) in [6.07, 6.45) is 1.59. The van der Waals surface area contributed by atoms with E-state index in [1.165, 1.54) is 0 Å². The summed E-state index contributed by atoms with van der Waals surface area (Å²) in [5.41, 5.74) is 1.29. The summed E-state index contributed by atoms with van der Waals surface area (Å²) in [5, 5.41) is 0.170. The van der Waals surface area contributed by atoms with Gasteiger partial charge in [0.1, 0.15) is 5.52 Å². The molecule has 94 valence electrons. The SMILES string of the molecule is Cn1c(=O)n(C2[C@H]3COC[C@@H]23)c2nc(Cl)ncc21. The third kappa shape index (κ3) is 1.19. The quantitative estimate of drug-likeness (QED) is 0.709. The van der Waals surface area contributed by atoms with Crippen molar-refractivity contribution in [3.63, 3.8) is 0 Å². The standard InChI is InChI=1S/C11H11ClN4O2/c1-15-7-2-13-10(12)14-9(7)16(11(15)17)8-5-3-18-4-6(5)8/h2,5-6,8H,3-4H2,1H3/t5-,6+,8?. The lowest BCUT2D eigenvalue weighted by atomic mass is 10.4. The minimum atomic E-state index is -0.0547. The van der Waals surface area contributed by atoms with Crippen LogP contribution in [0, 0.1) is 11.8 Å². The molecule has 0 aromatic carbocycles. The van der Waals surface area contributed by atoms with Crippen LogP contribution >= 0.6 is 11.6 Å². The van der Waals surface area contributed by atoms with Crippen molar-refractivity contribution in [1.82, 2.24) is 19.1 Å². The van der Waals surface area contributed by atoms with E-state index in [2.05, 4.69) is 9.97 Å². The van der Waals surface area contributed by atoms with Gasteiger partial charge < -0.3 is 4.74 Å². The molecule has 1 saturated heterocycles. The molecule has 1 aliphatic carbocycles. The summed E-state index contributed by atoms with van der Waals surface area (Å²) in [4.78, 5) is 20.4. The van der Waals surface area contributed by atoms with E-state index in [0.29, 0.717) is 17.5 Å². The predicted octanol–water partition coefficient (Wildman–Crippen LogP) is 0.601. The minimum absolute atomic E-state index is 0.0547. The number of ether oxygens (including phenoxy) is 1.